The lowest BCUT2D eigenvalue weighted by atomic mass is 10.0. The summed E-state index contributed by atoms with van der Waals surface area (Å²) in [6, 6.07) is 7.35. The molecule has 0 radical (unpaired) electrons. The van der Waals surface area contributed by atoms with E-state index in [4.69, 9.17) is 21.0 Å². The molecule has 3 amide bonds. The quantitative estimate of drug-likeness (QED) is 0.117. The number of benzene rings is 1. The van der Waals surface area contributed by atoms with E-state index in [1.165, 1.54) is 0 Å². The maximum Gasteiger partial charge on any atom is 0.329 e. The Balaban J connectivity index is 2.71. The third-order valence-corrected chi connectivity index (χ3v) is 5.25. The lowest BCUT2D eigenvalue weighted by molar-refractivity contribution is -0.148. The normalized spacial score (nSPS) is 11.9. The van der Waals surface area contributed by atoms with Crippen LogP contribution in [0.3, 0.4) is 0 Å². The summed E-state index contributed by atoms with van der Waals surface area (Å²) in [5, 5.41) is 16.6. The molecule has 11 heteroatoms. The molecule has 0 aliphatic heterocycles. The van der Waals surface area contributed by atoms with Gasteiger partial charge in [-0.15, -0.1) is 12.3 Å². The molecular weight excluding hydrogens is 494 g/mol. The van der Waals surface area contributed by atoms with Gasteiger partial charge >= 0.3 is 11.9 Å². The number of esters is 1. The topological polar surface area (TPSA) is 160 Å². The van der Waals surface area contributed by atoms with Crippen LogP contribution in [0.4, 0.5) is 0 Å². The van der Waals surface area contributed by atoms with Crippen LogP contribution in [0.2, 0.25) is 0 Å². The number of unbranched alkanes of at least 4 members (excludes halogenated alkanes) is 2. The first-order valence-corrected chi connectivity index (χ1v) is 12.6. The number of aliphatic carboxylic acids is 1. The van der Waals surface area contributed by atoms with Gasteiger partial charge in [0.05, 0.1) is 6.61 Å². The summed E-state index contributed by atoms with van der Waals surface area (Å²) in [5.41, 5.74) is 0.840. The van der Waals surface area contributed by atoms with Crippen LogP contribution in [0, 0.1) is 12.3 Å². The summed E-state index contributed by atoms with van der Waals surface area (Å²) in [7, 11) is 0. The number of ether oxygens (including phenoxy) is 2. The van der Waals surface area contributed by atoms with Crippen LogP contribution in [0.25, 0.3) is 0 Å². The summed E-state index contributed by atoms with van der Waals surface area (Å²) < 4.78 is 9.83. The third kappa shape index (κ3) is 14.6. The van der Waals surface area contributed by atoms with Crippen LogP contribution < -0.4 is 16.0 Å². The first-order valence-electron chi connectivity index (χ1n) is 12.6. The zero-order valence-corrected chi connectivity index (χ0v) is 21.7. The first kappa shape index (κ1) is 32.1. The van der Waals surface area contributed by atoms with Gasteiger partial charge in [-0.1, -0.05) is 30.3 Å². The fraction of sp³-hybridized carbons (Fsp3) is 0.519. The Hall–Kier alpha value is -3.91. The highest BCUT2D eigenvalue weighted by Gasteiger charge is 2.27. The number of hydrogen-bond donors (Lipinski definition) is 4. The van der Waals surface area contributed by atoms with Gasteiger partial charge in [0, 0.05) is 25.8 Å². The van der Waals surface area contributed by atoms with E-state index < -0.39 is 42.4 Å². The Bertz CT molecular complexity index is 945. The number of carboxylic acids is 1. The first-order chi connectivity index (χ1) is 18.3. The van der Waals surface area contributed by atoms with Gasteiger partial charge < -0.3 is 30.5 Å². The second-order valence-corrected chi connectivity index (χ2v) is 8.41. The van der Waals surface area contributed by atoms with Crippen LogP contribution >= 0.6 is 0 Å². The van der Waals surface area contributed by atoms with E-state index >= 15 is 0 Å². The largest absolute Gasteiger partial charge is 0.480 e. The van der Waals surface area contributed by atoms with Crippen molar-refractivity contribution in [2.45, 2.75) is 64.0 Å². The molecule has 2 atom stereocenters. The molecule has 0 bridgehead atoms. The van der Waals surface area contributed by atoms with Crippen molar-refractivity contribution in [3.05, 3.63) is 35.9 Å². The van der Waals surface area contributed by atoms with Crippen LogP contribution in [-0.2, 0) is 39.9 Å². The molecule has 1 aromatic carbocycles. The number of carbonyl (C=O) groups excluding carboxylic acids is 4. The molecule has 0 aliphatic carbocycles. The molecule has 0 heterocycles. The number of amides is 3. The molecule has 0 fully saturated rings. The number of carboxylic acid groups (broad SMARTS) is 1. The molecule has 208 valence electrons. The highest BCUT2D eigenvalue weighted by atomic mass is 16.5. The van der Waals surface area contributed by atoms with Crippen molar-refractivity contribution in [1.82, 2.24) is 16.0 Å². The third-order valence-electron chi connectivity index (χ3n) is 5.25. The van der Waals surface area contributed by atoms with E-state index in [9.17, 15) is 24.0 Å². The van der Waals surface area contributed by atoms with Gasteiger partial charge in [0.25, 0.3) is 0 Å². The highest BCUT2D eigenvalue weighted by Crippen LogP contribution is 2.08. The molecular formula is C27H37N3O8. The Kier molecular flexibility index (Phi) is 16.3. The van der Waals surface area contributed by atoms with Crippen LogP contribution in [0.5, 0.6) is 0 Å². The SMILES string of the molecule is C#CCCCC(=O)N[C@H](Cc1ccccc1)C(=O)N[C@@H](CCCCNC(=O)COCC(=O)O)C(=O)OCC. The Morgan fingerprint density at radius 1 is 0.974 bits per heavy atom. The minimum absolute atomic E-state index is 0.136. The maximum absolute atomic E-state index is 13.2. The van der Waals surface area contributed by atoms with E-state index in [2.05, 4.69) is 21.9 Å². The summed E-state index contributed by atoms with van der Waals surface area (Å²) in [5.74, 6) is -0.565. The van der Waals surface area contributed by atoms with Crippen molar-refractivity contribution < 1.29 is 38.6 Å². The van der Waals surface area contributed by atoms with Crippen LogP contribution in [0.15, 0.2) is 30.3 Å². The van der Waals surface area contributed by atoms with E-state index in [1.807, 2.05) is 30.3 Å². The molecule has 0 spiro atoms. The zero-order chi connectivity index (χ0) is 28.2. The lowest BCUT2D eigenvalue weighted by Gasteiger charge is -2.23. The smallest absolute Gasteiger partial charge is 0.329 e. The predicted molar refractivity (Wildman–Crippen MR) is 139 cm³/mol. The van der Waals surface area contributed by atoms with Crippen molar-refractivity contribution in [1.29, 1.82) is 0 Å². The van der Waals surface area contributed by atoms with E-state index in [0.29, 0.717) is 25.7 Å². The molecule has 0 saturated heterocycles. The van der Waals surface area contributed by atoms with E-state index in [1.54, 1.807) is 6.92 Å². The molecule has 11 nitrogen and oxygen atoms in total. The fourth-order valence-corrected chi connectivity index (χ4v) is 3.42. The minimum atomic E-state index is -1.17. The molecule has 0 unspecified atom stereocenters. The van der Waals surface area contributed by atoms with Crippen LogP contribution in [-0.4, -0.2) is 73.2 Å². The van der Waals surface area contributed by atoms with Crippen molar-refractivity contribution in [3.8, 4) is 12.3 Å². The number of rotatable bonds is 19. The molecule has 1 aromatic rings. The highest BCUT2D eigenvalue weighted by molar-refractivity contribution is 5.91. The predicted octanol–water partition coefficient (Wildman–Crippen LogP) is 0.953. The maximum atomic E-state index is 13.2. The standard InChI is InChI=1S/C27H37N3O8/c1-3-5-7-15-23(31)29-22(17-20-12-8-6-9-13-20)26(35)30-21(27(36)38-4-2)14-10-11-16-28-24(32)18-37-19-25(33)34/h1,6,8-9,12-13,21-22H,4-5,7,10-11,14-19H2,2H3,(H,28,32)(H,29,31)(H,30,35)(H,33,34)/t21-,22+/m0/s1. The average molecular weight is 532 g/mol. The molecule has 38 heavy (non-hydrogen) atoms. The number of carbonyl (C=O) groups is 5. The van der Waals surface area contributed by atoms with E-state index in [-0.39, 0.29) is 44.9 Å². The minimum Gasteiger partial charge on any atom is -0.480 e. The van der Waals surface area contributed by atoms with Gasteiger partial charge in [-0.2, -0.15) is 0 Å². The Labute approximate surface area is 223 Å². The van der Waals surface area contributed by atoms with Gasteiger partial charge in [-0.05, 0) is 38.2 Å². The summed E-state index contributed by atoms with van der Waals surface area (Å²) in [6.45, 7) is 1.14. The van der Waals surface area contributed by atoms with Gasteiger partial charge in [0.2, 0.25) is 17.7 Å². The molecule has 0 aliphatic rings. The summed E-state index contributed by atoms with van der Waals surface area (Å²) in [4.78, 5) is 60.2. The molecule has 1 rings (SSSR count). The Morgan fingerprint density at radius 3 is 2.37 bits per heavy atom. The number of hydrogen-bond acceptors (Lipinski definition) is 7. The van der Waals surface area contributed by atoms with Crippen molar-refractivity contribution in [3.63, 3.8) is 0 Å². The molecule has 4 N–H and O–H groups in total. The summed E-state index contributed by atoms with van der Waals surface area (Å²) in [6.07, 6.45) is 7.82. The zero-order valence-electron chi connectivity index (χ0n) is 21.7. The molecule has 0 aromatic heterocycles. The number of nitrogens with one attached hydrogen (secondary N) is 3. The van der Waals surface area contributed by atoms with Gasteiger partial charge in [0.15, 0.2) is 0 Å². The van der Waals surface area contributed by atoms with Crippen molar-refractivity contribution >= 4 is 29.7 Å². The lowest BCUT2D eigenvalue weighted by Crippen LogP contribution is -2.52. The monoisotopic (exact) mass is 531 g/mol. The molecule has 0 saturated carbocycles. The Morgan fingerprint density at radius 2 is 1.71 bits per heavy atom. The van der Waals surface area contributed by atoms with Gasteiger partial charge in [-0.3, -0.25) is 14.4 Å². The van der Waals surface area contributed by atoms with Gasteiger partial charge in [0.1, 0.15) is 25.3 Å². The number of terminal acetylenes is 1. The second-order valence-electron chi connectivity index (χ2n) is 8.41. The van der Waals surface area contributed by atoms with E-state index in [0.717, 1.165) is 5.56 Å². The summed E-state index contributed by atoms with van der Waals surface area (Å²) >= 11 is 0. The van der Waals surface area contributed by atoms with Gasteiger partial charge in [-0.25, -0.2) is 9.59 Å². The fourth-order valence-electron chi connectivity index (χ4n) is 3.42. The second kappa shape index (κ2) is 19.2. The van der Waals surface area contributed by atoms with Crippen LogP contribution in [0.1, 0.15) is 51.0 Å². The van der Waals surface area contributed by atoms with Crippen molar-refractivity contribution in [2.75, 3.05) is 26.4 Å². The average Bonchev–Trinajstić information content (AvgIpc) is 2.88. The van der Waals surface area contributed by atoms with Crippen molar-refractivity contribution in [2.24, 2.45) is 0 Å².